The van der Waals surface area contributed by atoms with Crippen LogP contribution in [0.2, 0.25) is 0 Å². The minimum Gasteiger partial charge on any atom is -0.502 e. The van der Waals surface area contributed by atoms with E-state index in [9.17, 15) is 15.2 Å². The zero-order valence-corrected chi connectivity index (χ0v) is 16.6. The van der Waals surface area contributed by atoms with E-state index >= 15 is 0 Å². The summed E-state index contributed by atoms with van der Waals surface area (Å²) in [4.78, 5) is 10.8. The fourth-order valence-electron chi connectivity index (χ4n) is 2.82. The number of nitro benzene ring substituents is 1. The van der Waals surface area contributed by atoms with Gasteiger partial charge in [0.25, 0.3) is 11.4 Å². The first kappa shape index (κ1) is 20.2. The highest BCUT2D eigenvalue weighted by atomic mass is 32.1. The number of pyridine rings is 1. The predicted molar refractivity (Wildman–Crippen MR) is 116 cm³/mol. The lowest BCUT2D eigenvalue weighted by Crippen LogP contribution is -2.41. The quantitative estimate of drug-likeness (QED) is 0.160. The first-order chi connectivity index (χ1) is 14.0. The predicted octanol–water partition coefficient (Wildman–Crippen LogP) is 4.19. The molecule has 0 aliphatic carbocycles. The van der Waals surface area contributed by atoms with Gasteiger partial charge in [-0.3, -0.25) is 10.1 Å². The van der Waals surface area contributed by atoms with Crippen molar-refractivity contribution in [3.05, 3.63) is 106 Å². The summed E-state index contributed by atoms with van der Waals surface area (Å²) in [7, 11) is 0. The van der Waals surface area contributed by atoms with Crippen molar-refractivity contribution in [3.63, 3.8) is 0 Å². The number of benzene rings is 2. The fraction of sp³-hybridized carbons (Fsp3) is 0.0909. The summed E-state index contributed by atoms with van der Waals surface area (Å²) in [5, 5.41) is 25.1. The maximum Gasteiger partial charge on any atom is 0.288 e. The highest BCUT2D eigenvalue weighted by molar-refractivity contribution is 7.81. The molecule has 2 aromatic carbocycles. The van der Waals surface area contributed by atoms with Crippen LogP contribution < -0.4 is 9.88 Å². The number of rotatable bonds is 6. The monoisotopic (exact) mass is 406 g/mol. The average molecular weight is 406 g/mol. The lowest BCUT2D eigenvalue weighted by molar-refractivity contribution is -0.576. The van der Waals surface area contributed by atoms with Crippen molar-refractivity contribution in [1.82, 2.24) is 5.32 Å². The van der Waals surface area contributed by atoms with Gasteiger partial charge in [0.05, 0.1) is 4.92 Å². The maximum absolute atomic E-state index is 11.0. The minimum absolute atomic E-state index is 0.0453. The van der Waals surface area contributed by atoms with Gasteiger partial charge in [-0.1, -0.05) is 42.5 Å². The number of aryl methyl sites for hydroxylation is 1. The van der Waals surface area contributed by atoms with E-state index in [1.54, 1.807) is 10.8 Å². The normalized spacial score (nSPS) is 11.5. The molecule has 1 aromatic heterocycles. The summed E-state index contributed by atoms with van der Waals surface area (Å²) < 4.78 is 1.74. The Bertz CT molecular complexity index is 1060. The fourth-order valence-corrected chi connectivity index (χ4v) is 3.09. The molecule has 146 valence electrons. The van der Waals surface area contributed by atoms with Crippen LogP contribution in [0.4, 0.5) is 5.69 Å². The highest BCUT2D eigenvalue weighted by Gasteiger charge is 2.24. The maximum atomic E-state index is 11.0. The third-order valence-electron chi connectivity index (χ3n) is 4.29. The molecule has 1 heterocycles. The van der Waals surface area contributed by atoms with Crippen molar-refractivity contribution in [2.24, 2.45) is 0 Å². The topological polar surface area (TPSA) is 79.3 Å². The van der Waals surface area contributed by atoms with E-state index < -0.39 is 4.92 Å². The van der Waals surface area contributed by atoms with Gasteiger partial charge in [0.15, 0.2) is 23.1 Å². The molecule has 0 radical (unpaired) electrons. The van der Waals surface area contributed by atoms with E-state index in [1.165, 1.54) is 24.3 Å². The van der Waals surface area contributed by atoms with Crippen LogP contribution >= 0.6 is 12.2 Å². The number of non-ortho nitro benzene ring substituents is 1. The molecule has 0 saturated heterocycles. The van der Waals surface area contributed by atoms with Crippen molar-refractivity contribution in [2.75, 3.05) is 0 Å². The number of aliphatic hydroxyl groups excluding tert-OH is 1. The summed E-state index contributed by atoms with van der Waals surface area (Å²) in [5.74, 6) is -0.0685. The van der Waals surface area contributed by atoms with Crippen molar-refractivity contribution in [3.8, 4) is 0 Å². The number of hydrogen-bond acceptors (Lipinski definition) is 4. The second-order valence-electron chi connectivity index (χ2n) is 6.46. The Morgan fingerprint density at radius 2 is 1.79 bits per heavy atom. The van der Waals surface area contributed by atoms with Gasteiger partial charge in [-0.25, -0.2) is 0 Å². The van der Waals surface area contributed by atoms with Gasteiger partial charge in [0.2, 0.25) is 0 Å². The van der Waals surface area contributed by atoms with Crippen LogP contribution in [0.5, 0.6) is 0 Å². The molecule has 7 heteroatoms. The van der Waals surface area contributed by atoms with Crippen LogP contribution in [0.15, 0.2) is 79.1 Å². The van der Waals surface area contributed by atoms with Crippen LogP contribution in [0, 0.1) is 17.0 Å². The van der Waals surface area contributed by atoms with E-state index in [1.807, 2.05) is 55.6 Å². The Kier molecular flexibility index (Phi) is 6.31. The first-order valence-electron chi connectivity index (χ1n) is 8.94. The second-order valence-corrected chi connectivity index (χ2v) is 6.87. The van der Waals surface area contributed by atoms with Gasteiger partial charge in [-0.15, -0.1) is 0 Å². The summed E-state index contributed by atoms with van der Waals surface area (Å²) in [6.07, 6.45) is 3.65. The molecule has 3 rings (SSSR count). The summed E-state index contributed by atoms with van der Waals surface area (Å²) >= 11 is 5.59. The largest absolute Gasteiger partial charge is 0.502 e. The number of nitrogens with zero attached hydrogens (tertiary/aromatic N) is 2. The van der Waals surface area contributed by atoms with Gasteiger partial charge in [0.1, 0.15) is 0 Å². The summed E-state index contributed by atoms with van der Waals surface area (Å²) in [6.45, 7) is 2.45. The van der Waals surface area contributed by atoms with Gasteiger partial charge in [-0.05, 0) is 30.7 Å². The number of aliphatic hydroxyl groups is 1. The lowest BCUT2D eigenvalue weighted by Gasteiger charge is -2.10. The zero-order chi connectivity index (χ0) is 20.8. The smallest absolute Gasteiger partial charge is 0.288 e. The Labute approximate surface area is 173 Å². The first-order valence-corrected chi connectivity index (χ1v) is 9.35. The van der Waals surface area contributed by atoms with Crippen LogP contribution in [-0.2, 0) is 6.54 Å². The van der Waals surface area contributed by atoms with Crippen molar-refractivity contribution < 1.29 is 14.6 Å². The Balaban J connectivity index is 1.98. The molecule has 3 aromatic rings. The van der Waals surface area contributed by atoms with Gasteiger partial charge in [-0.2, -0.15) is 4.57 Å². The summed E-state index contributed by atoms with van der Waals surface area (Å²) in [5.41, 5.74) is 2.83. The SMILES string of the molecule is Cc1ccc[n+](C(C(=S)NCc2ccccc2)=C(O)c2ccc([N+](=O)[O-])cc2)c1. The number of nitro groups is 1. The number of nitrogens with one attached hydrogen (secondary N) is 1. The standard InChI is InChI=1S/C22H19N3O3S/c1-16-6-5-13-24(15-16)20(22(29)23-14-17-7-3-2-4-8-17)21(26)18-9-11-19(12-10-18)25(27)28/h2-13,15H,14H2,1H3,(H-,23,26,29)/p+1. The van der Waals surface area contributed by atoms with Crippen molar-refractivity contribution in [1.29, 1.82) is 0 Å². The Morgan fingerprint density at radius 3 is 2.41 bits per heavy atom. The van der Waals surface area contributed by atoms with E-state index in [4.69, 9.17) is 12.2 Å². The molecule has 0 fully saturated rings. The average Bonchev–Trinajstić information content (AvgIpc) is 2.73. The molecular formula is C22H20N3O3S+. The van der Waals surface area contributed by atoms with Gasteiger partial charge < -0.3 is 10.4 Å². The number of aromatic nitrogens is 1. The third-order valence-corrected chi connectivity index (χ3v) is 4.63. The molecule has 0 atom stereocenters. The molecule has 29 heavy (non-hydrogen) atoms. The van der Waals surface area contributed by atoms with Gasteiger partial charge >= 0.3 is 0 Å². The molecule has 6 nitrogen and oxygen atoms in total. The van der Waals surface area contributed by atoms with Crippen molar-refractivity contribution >= 4 is 34.3 Å². The van der Waals surface area contributed by atoms with Crippen LogP contribution in [0.1, 0.15) is 16.7 Å². The zero-order valence-electron chi connectivity index (χ0n) is 15.8. The Hall–Kier alpha value is -3.58. The second kappa shape index (κ2) is 9.07. The van der Waals surface area contributed by atoms with E-state index in [-0.39, 0.29) is 11.4 Å². The van der Waals surface area contributed by atoms with E-state index in [0.29, 0.717) is 22.8 Å². The molecule has 2 N–H and O–H groups in total. The van der Waals surface area contributed by atoms with Gasteiger partial charge in [0, 0.05) is 35.9 Å². The number of thiocarbonyl (C=S) groups is 1. The van der Waals surface area contributed by atoms with Crippen LogP contribution in [0.3, 0.4) is 0 Å². The molecule has 0 aliphatic heterocycles. The number of hydrogen-bond donors (Lipinski definition) is 2. The molecule has 0 spiro atoms. The highest BCUT2D eigenvalue weighted by Crippen LogP contribution is 2.20. The lowest BCUT2D eigenvalue weighted by atomic mass is 10.1. The van der Waals surface area contributed by atoms with E-state index in [0.717, 1.165) is 11.1 Å². The van der Waals surface area contributed by atoms with Crippen molar-refractivity contribution in [2.45, 2.75) is 13.5 Å². The molecule has 0 unspecified atom stereocenters. The Morgan fingerprint density at radius 1 is 1.10 bits per heavy atom. The summed E-state index contributed by atoms with van der Waals surface area (Å²) in [6, 6.07) is 19.3. The van der Waals surface area contributed by atoms with Crippen LogP contribution in [0.25, 0.3) is 11.5 Å². The minimum atomic E-state index is -0.479. The molecule has 0 bridgehead atoms. The van der Waals surface area contributed by atoms with E-state index in [2.05, 4.69) is 5.32 Å². The molecular weight excluding hydrogens is 386 g/mol. The van der Waals surface area contributed by atoms with Crippen LogP contribution in [-0.4, -0.2) is 15.0 Å². The molecule has 0 saturated carbocycles. The molecule has 0 aliphatic rings. The molecule has 0 amide bonds. The third kappa shape index (κ3) is 5.03.